The van der Waals surface area contributed by atoms with Crippen LogP contribution in [0.25, 0.3) is 44.8 Å². The number of methoxy groups -OCH3 is 1. The van der Waals surface area contributed by atoms with E-state index in [0.717, 1.165) is 39.0 Å². The molecule has 0 aliphatic carbocycles. The van der Waals surface area contributed by atoms with Gasteiger partial charge in [-0.2, -0.15) is 0 Å². The number of hydrogen-bond acceptors (Lipinski definition) is 5. The first-order valence-electron chi connectivity index (χ1n) is 11.5. The van der Waals surface area contributed by atoms with Crippen molar-refractivity contribution < 1.29 is 14.3 Å². The number of carbonyl (C=O) groups is 1. The smallest absolute Gasteiger partial charge is 0.340 e. The molecule has 6 rings (SSSR count). The molecule has 0 radical (unpaired) electrons. The molecule has 0 amide bonds. The summed E-state index contributed by atoms with van der Waals surface area (Å²) < 4.78 is 11.1. The van der Waals surface area contributed by atoms with Crippen LogP contribution in [0, 0.1) is 0 Å². The second-order valence-corrected chi connectivity index (χ2v) is 8.34. The third-order valence-corrected chi connectivity index (χ3v) is 6.07. The lowest BCUT2D eigenvalue weighted by Gasteiger charge is -2.10. The minimum Gasteiger partial charge on any atom is -0.488 e. The van der Waals surface area contributed by atoms with E-state index >= 15 is 0 Å². The Morgan fingerprint density at radius 3 is 2.17 bits per heavy atom. The SMILES string of the molecule is COC(=O)c1cccc2[nH]c(-c3cccc4[nH]c(-c5ccccc5OCc5ccccc5)nc34)nc12. The van der Waals surface area contributed by atoms with Crippen molar-refractivity contribution in [2.75, 3.05) is 7.11 Å². The van der Waals surface area contributed by atoms with E-state index in [1.807, 2.05) is 78.9 Å². The molecule has 0 atom stereocenters. The van der Waals surface area contributed by atoms with Crippen molar-refractivity contribution in [2.24, 2.45) is 0 Å². The van der Waals surface area contributed by atoms with Crippen LogP contribution >= 0.6 is 0 Å². The number of H-pyrrole nitrogens is 2. The lowest BCUT2D eigenvalue weighted by molar-refractivity contribution is 0.0603. The molecule has 2 heterocycles. The number of carbonyl (C=O) groups excluding carboxylic acids is 1. The molecule has 0 fully saturated rings. The number of nitrogens with one attached hydrogen (secondary N) is 2. The highest BCUT2D eigenvalue weighted by atomic mass is 16.5. The van der Waals surface area contributed by atoms with Crippen LogP contribution in [0.2, 0.25) is 0 Å². The van der Waals surface area contributed by atoms with Gasteiger partial charge in [0.05, 0.1) is 34.8 Å². The Morgan fingerprint density at radius 2 is 1.36 bits per heavy atom. The van der Waals surface area contributed by atoms with Crippen LogP contribution in [0.3, 0.4) is 0 Å². The van der Waals surface area contributed by atoms with Crippen molar-refractivity contribution in [1.82, 2.24) is 19.9 Å². The Kier molecular flexibility index (Phi) is 5.42. The van der Waals surface area contributed by atoms with Crippen LogP contribution < -0.4 is 4.74 Å². The van der Waals surface area contributed by atoms with Gasteiger partial charge in [0.25, 0.3) is 0 Å². The molecule has 0 aliphatic rings. The van der Waals surface area contributed by atoms with E-state index < -0.39 is 5.97 Å². The highest BCUT2D eigenvalue weighted by molar-refractivity contribution is 6.03. The number of fused-ring (bicyclic) bond motifs is 2. The number of para-hydroxylation sites is 3. The second kappa shape index (κ2) is 9.03. The van der Waals surface area contributed by atoms with E-state index in [-0.39, 0.29) is 0 Å². The maximum absolute atomic E-state index is 12.2. The summed E-state index contributed by atoms with van der Waals surface area (Å²) in [6, 6.07) is 29.2. The molecule has 0 saturated heterocycles. The number of imidazole rings is 2. The molecular weight excluding hydrogens is 452 g/mol. The molecule has 6 aromatic rings. The molecule has 0 aliphatic heterocycles. The highest BCUT2D eigenvalue weighted by Gasteiger charge is 2.18. The van der Waals surface area contributed by atoms with Crippen LogP contribution in [-0.4, -0.2) is 33.0 Å². The van der Waals surface area contributed by atoms with Crippen molar-refractivity contribution in [3.05, 3.63) is 102 Å². The van der Waals surface area contributed by atoms with Crippen LogP contribution in [0.5, 0.6) is 5.75 Å². The minimum absolute atomic E-state index is 0.414. The minimum atomic E-state index is -0.425. The molecule has 7 heteroatoms. The molecule has 176 valence electrons. The van der Waals surface area contributed by atoms with E-state index in [1.165, 1.54) is 7.11 Å². The van der Waals surface area contributed by atoms with Crippen LogP contribution in [-0.2, 0) is 11.3 Å². The molecule has 7 nitrogen and oxygen atoms in total. The van der Waals surface area contributed by atoms with E-state index in [2.05, 4.69) is 9.97 Å². The summed E-state index contributed by atoms with van der Waals surface area (Å²) >= 11 is 0. The summed E-state index contributed by atoms with van der Waals surface area (Å²) in [6.07, 6.45) is 0. The van der Waals surface area contributed by atoms with Gasteiger partial charge < -0.3 is 19.4 Å². The van der Waals surface area contributed by atoms with Crippen molar-refractivity contribution >= 4 is 28.0 Å². The zero-order chi connectivity index (χ0) is 24.5. The average molecular weight is 475 g/mol. The van der Waals surface area contributed by atoms with Gasteiger partial charge in [-0.1, -0.05) is 54.6 Å². The van der Waals surface area contributed by atoms with Crippen LogP contribution in [0.4, 0.5) is 0 Å². The van der Waals surface area contributed by atoms with Gasteiger partial charge in [0.15, 0.2) is 0 Å². The molecule has 0 saturated carbocycles. The van der Waals surface area contributed by atoms with Gasteiger partial charge >= 0.3 is 5.97 Å². The maximum atomic E-state index is 12.2. The zero-order valence-electron chi connectivity index (χ0n) is 19.5. The number of esters is 1. The maximum Gasteiger partial charge on any atom is 0.340 e. The summed E-state index contributed by atoms with van der Waals surface area (Å²) in [5.41, 5.74) is 6.15. The van der Waals surface area contributed by atoms with E-state index in [0.29, 0.717) is 29.3 Å². The van der Waals surface area contributed by atoms with Gasteiger partial charge in [-0.05, 0) is 42.0 Å². The molecule has 0 bridgehead atoms. The first-order valence-corrected chi connectivity index (χ1v) is 11.5. The predicted molar refractivity (Wildman–Crippen MR) is 139 cm³/mol. The van der Waals surface area contributed by atoms with E-state index in [4.69, 9.17) is 19.4 Å². The van der Waals surface area contributed by atoms with Gasteiger partial charge in [0, 0.05) is 5.56 Å². The van der Waals surface area contributed by atoms with E-state index in [9.17, 15) is 4.79 Å². The second-order valence-electron chi connectivity index (χ2n) is 8.34. The number of ether oxygens (including phenoxy) is 2. The summed E-state index contributed by atoms with van der Waals surface area (Å²) in [4.78, 5) is 28.6. The van der Waals surface area contributed by atoms with Crippen LogP contribution in [0.15, 0.2) is 91.0 Å². The summed E-state index contributed by atoms with van der Waals surface area (Å²) in [7, 11) is 1.36. The average Bonchev–Trinajstić information content (AvgIpc) is 3.56. The van der Waals surface area contributed by atoms with Gasteiger partial charge in [-0.3, -0.25) is 0 Å². The molecule has 2 aromatic heterocycles. The molecule has 2 N–H and O–H groups in total. The Hall–Kier alpha value is -4.91. The third-order valence-electron chi connectivity index (χ3n) is 6.07. The number of hydrogen-bond donors (Lipinski definition) is 2. The Bertz CT molecular complexity index is 1700. The number of nitrogens with zero attached hydrogens (tertiary/aromatic N) is 2. The largest absolute Gasteiger partial charge is 0.488 e. The van der Waals surface area contributed by atoms with Gasteiger partial charge in [0.1, 0.15) is 29.5 Å². The summed E-state index contributed by atoms with van der Waals surface area (Å²) in [5.74, 6) is 1.64. The fourth-order valence-electron chi connectivity index (χ4n) is 4.31. The Morgan fingerprint density at radius 1 is 0.722 bits per heavy atom. The number of aromatic nitrogens is 4. The van der Waals surface area contributed by atoms with Crippen molar-refractivity contribution in [2.45, 2.75) is 6.61 Å². The monoisotopic (exact) mass is 474 g/mol. The third kappa shape index (κ3) is 3.86. The first kappa shape index (κ1) is 21.6. The highest BCUT2D eigenvalue weighted by Crippen LogP contribution is 2.33. The summed E-state index contributed by atoms with van der Waals surface area (Å²) in [6.45, 7) is 0.463. The summed E-state index contributed by atoms with van der Waals surface area (Å²) in [5, 5.41) is 0. The Labute approximate surface area is 206 Å². The number of rotatable bonds is 6. The predicted octanol–water partition coefficient (Wildman–Crippen LogP) is 6.14. The normalized spacial score (nSPS) is 11.1. The van der Waals surface area contributed by atoms with Gasteiger partial charge in [-0.15, -0.1) is 0 Å². The molecule has 0 unspecified atom stereocenters. The fraction of sp³-hybridized carbons (Fsp3) is 0.0690. The Balaban J connectivity index is 1.40. The zero-order valence-corrected chi connectivity index (χ0v) is 19.5. The van der Waals surface area contributed by atoms with Crippen molar-refractivity contribution in [3.63, 3.8) is 0 Å². The van der Waals surface area contributed by atoms with E-state index in [1.54, 1.807) is 12.1 Å². The lowest BCUT2D eigenvalue weighted by atomic mass is 10.1. The fourth-order valence-corrected chi connectivity index (χ4v) is 4.31. The topological polar surface area (TPSA) is 92.9 Å². The van der Waals surface area contributed by atoms with Crippen molar-refractivity contribution in [3.8, 4) is 28.5 Å². The molecule has 4 aromatic carbocycles. The number of benzene rings is 4. The molecule has 36 heavy (non-hydrogen) atoms. The standard InChI is InChI=1S/C29H22N4O3/c1-35-29(34)21-13-8-15-23-26(21)33-28(31-23)20-12-7-14-22-25(20)32-27(30-22)19-11-5-6-16-24(19)36-17-18-9-3-2-4-10-18/h2-16H,17H2,1H3,(H,30,32)(H,31,33). The van der Waals surface area contributed by atoms with Gasteiger partial charge in [0.2, 0.25) is 0 Å². The lowest BCUT2D eigenvalue weighted by Crippen LogP contribution is -2.01. The quantitative estimate of drug-likeness (QED) is 0.283. The van der Waals surface area contributed by atoms with Crippen molar-refractivity contribution in [1.29, 1.82) is 0 Å². The molecular formula is C29H22N4O3. The van der Waals surface area contributed by atoms with Crippen LogP contribution in [0.1, 0.15) is 15.9 Å². The first-order chi connectivity index (χ1) is 17.7. The molecule has 0 spiro atoms. The van der Waals surface area contributed by atoms with Gasteiger partial charge in [-0.25, -0.2) is 14.8 Å². The number of aromatic amines is 2.